The molecule has 0 spiro atoms. The number of likely N-dealkylation sites (N-methyl/N-ethyl adjacent to an activating group) is 1. The monoisotopic (exact) mass is 292 g/mol. The topological polar surface area (TPSA) is 72.9 Å². The van der Waals surface area contributed by atoms with E-state index in [0.29, 0.717) is 6.42 Å². The molecule has 1 amide bonds. The summed E-state index contributed by atoms with van der Waals surface area (Å²) in [5.41, 5.74) is 4.77. The normalized spacial score (nSPS) is 15.8. The van der Waals surface area contributed by atoms with E-state index in [1.165, 1.54) is 0 Å². The second-order valence-electron chi connectivity index (χ2n) is 5.13. The Hall–Kier alpha value is -1.66. The lowest BCUT2D eigenvalue weighted by atomic mass is 9.93. The second-order valence-corrected chi connectivity index (χ2v) is 6.08. The number of aromatic nitrogens is 2. The van der Waals surface area contributed by atoms with Crippen LogP contribution in [0.5, 0.6) is 0 Å². The first-order chi connectivity index (χ1) is 9.48. The van der Waals surface area contributed by atoms with Gasteiger partial charge in [-0.05, 0) is 38.8 Å². The number of hydrogen-bond acceptors (Lipinski definition) is 4. The average Bonchev–Trinajstić information content (AvgIpc) is 3.08. The Kier molecular flexibility index (Phi) is 4.25. The number of nitrogens with one attached hydrogen (secondary N) is 1. The molecule has 6 heteroatoms. The minimum absolute atomic E-state index is 0.111. The van der Waals surface area contributed by atoms with E-state index >= 15 is 0 Å². The van der Waals surface area contributed by atoms with E-state index in [1.807, 2.05) is 30.6 Å². The molecule has 2 rings (SSSR count). The molecular formula is C14H20N4OS. The molecule has 2 unspecified atom stereocenters. The van der Waals surface area contributed by atoms with Gasteiger partial charge in [0, 0.05) is 18.4 Å². The molecule has 108 valence electrons. The Morgan fingerprint density at radius 1 is 1.65 bits per heavy atom. The Morgan fingerprint density at radius 3 is 2.95 bits per heavy atom. The van der Waals surface area contributed by atoms with E-state index in [4.69, 9.17) is 5.73 Å². The molecule has 0 fully saturated rings. The maximum atomic E-state index is 11.6. The molecule has 2 aromatic rings. The third-order valence-electron chi connectivity index (χ3n) is 3.68. The van der Waals surface area contributed by atoms with Crippen molar-refractivity contribution in [3.8, 4) is 10.7 Å². The molecule has 0 aliphatic carbocycles. The quantitative estimate of drug-likeness (QED) is 0.855. The van der Waals surface area contributed by atoms with Crippen LogP contribution in [-0.4, -0.2) is 28.0 Å². The van der Waals surface area contributed by atoms with Crippen LogP contribution in [0.4, 0.5) is 0 Å². The van der Waals surface area contributed by atoms with Crippen molar-refractivity contribution < 1.29 is 4.79 Å². The minimum atomic E-state index is -0.726. The van der Waals surface area contributed by atoms with E-state index in [0.717, 1.165) is 10.7 Å². The fraction of sp³-hybridized carbons (Fsp3) is 0.429. The molecule has 0 aromatic carbocycles. The van der Waals surface area contributed by atoms with Gasteiger partial charge < -0.3 is 15.6 Å². The maximum Gasteiger partial charge on any atom is 0.237 e. The van der Waals surface area contributed by atoms with Gasteiger partial charge >= 0.3 is 0 Å². The van der Waals surface area contributed by atoms with Crippen molar-refractivity contribution in [2.45, 2.75) is 31.8 Å². The number of imidazole rings is 1. The van der Waals surface area contributed by atoms with Gasteiger partial charge in [-0.2, -0.15) is 0 Å². The van der Waals surface area contributed by atoms with Crippen LogP contribution in [0.25, 0.3) is 10.7 Å². The predicted octanol–water partition coefficient (Wildman–Crippen LogP) is 2.03. The summed E-state index contributed by atoms with van der Waals surface area (Å²) >= 11 is 1.65. The minimum Gasteiger partial charge on any atom is -0.368 e. The molecule has 5 nitrogen and oxygen atoms in total. The van der Waals surface area contributed by atoms with E-state index in [2.05, 4.69) is 21.8 Å². The van der Waals surface area contributed by atoms with Crippen molar-refractivity contribution in [3.63, 3.8) is 0 Å². The number of rotatable bonds is 6. The van der Waals surface area contributed by atoms with Gasteiger partial charge in [-0.25, -0.2) is 4.98 Å². The van der Waals surface area contributed by atoms with Crippen molar-refractivity contribution in [1.82, 2.24) is 14.9 Å². The summed E-state index contributed by atoms with van der Waals surface area (Å²) in [5, 5.41) is 5.05. The van der Waals surface area contributed by atoms with Crippen molar-refractivity contribution in [2.24, 2.45) is 5.73 Å². The maximum absolute atomic E-state index is 11.6. The molecule has 0 saturated heterocycles. The van der Waals surface area contributed by atoms with Gasteiger partial charge in [-0.1, -0.05) is 6.07 Å². The first kappa shape index (κ1) is 14.7. The van der Waals surface area contributed by atoms with E-state index < -0.39 is 5.54 Å². The standard InChI is InChI=1S/C14H20N4OS/c1-10(9-14(2,16-3)13(15)19)18-7-6-17-12(18)11-5-4-8-20-11/h4-8,10,16H,9H2,1-3H3,(H2,15,19). The number of nitrogens with zero attached hydrogens (tertiary/aromatic N) is 2. The average molecular weight is 292 g/mol. The van der Waals surface area contributed by atoms with Gasteiger partial charge in [0.05, 0.1) is 10.4 Å². The van der Waals surface area contributed by atoms with Crippen molar-refractivity contribution in [3.05, 3.63) is 29.9 Å². The number of primary amides is 1. The lowest BCUT2D eigenvalue weighted by Gasteiger charge is -2.29. The van der Waals surface area contributed by atoms with Crippen LogP contribution in [-0.2, 0) is 4.79 Å². The molecule has 0 aliphatic rings. The first-order valence-corrected chi connectivity index (χ1v) is 7.41. The van der Waals surface area contributed by atoms with E-state index in [1.54, 1.807) is 24.6 Å². The first-order valence-electron chi connectivity index (χ1n) is 6.53. The van der Waals surface area contributed by atoms with Gasteiger partial charge in [0.2, 0.25) is 5.91 Å². The van der Waals surface area contributed by atoms with Gasteiger partial charge in [-0.15, -0.1) is 11.3 Å². The molecule has 0 aliphatic heterocycles. The summed E-state index contributed by atoms with van der Waals surface area (Å²) in [6.45, 7) is 3.89. The highest BCUT2D eigenvalue weighted by atomic mass is 32.1. The highest BCUT2D eigenvalue weighted by Crippen LogP contribution is 2.28. The number of carbonyl (C=O) groups excluding carboxylic acids is 1. The van der Waals surface area contributed by atoms with E-state index in [-0.39, 0.29) is 11.9 Å². The van der Waals surface area contributed by atoms with Crippen molar-refractivity contribution in [2.75, 3.05) is 7.05 Å². The van der Waals surface area contributed by atoms with E-state index in [9.17, 15) is 4.79 Å². The highest BCUT2D eigenvalue weighted by Gasteiger charge is 2.32. The summed E-state index contributed by atoms with van der Waals surface area (Å²) in [7, 11) is 1.76. The molecule has 3 N–H and O–H groups in total. The number of carbonyl (C=O) groups is 1. The van der Waals surface area contributed by atoms with Crippen molar-refractivity contribution >= 4 is 17.2 Å². The largest absolute Gasteiger partial charge is 0.368 e. The van der Waals surface area contributed by atoms with Crippen molar-refractivity contribution in [1.29, 1.82) is 0 Å². The van der Waals surface area contributed by atoms with Crippen LogP contribution in [0, 0.1) is 0 Å². The van der Waals surface area contributed by atoms with Crippen LogP contribution in [0.2, 0.25) is 0 Å². The van der Waals surface area contributed by atoms with Crippen LogP contribution < -0.4 is 11.1 Å². The molecule has 0 saturated carbocycles. The SMILES string of the molecule is CNC(C)(CC(C)n1ccnc1-c1cccs1)C(N)=O. The zero-order valence-corrected chi connectivity index (χ0v) is 12.8. The van der Waals surface area contributed by atoms with Crippen LogP contribution in [0.15, 0.2) is 29.9 Å². The molecule has 2 aromatic heterocycles. The van der Waals surface area contributed by atoms with Gasteiger partial charge in [-0.3, -0.25) is 4.79 Å². The van der Waals surface area contributed by atoms with Gasteiger partial charge in [0.1, 0.15) is 5.82 Å². The number of thiophene rings is 1. The fourth-order valence-corrected chi connectivity index (χ4v) is 3.00. The van der Waals surface area contributed by atoms with Crippen LogP contribution >= 0.6 is 11.3 Å². The van der Waals surface area contributed by atoms with Crippen LogP contribution in [0.3, 0.4) is 0 Å². The Balaban J connectivity index is 2.25. The summed E-state index contributed by atoms with van der Waals surface area (Å²) in [4.78, 5) is 17.1. The third-order valence-corrected chi connectivity index (χ3v) is 4.55. The third kappa shape index (κ3) is 2.76. The lowest BCUT2D eigenvalue weighted by Crippen LogP contribution is -2.52. The van der Waals surface area contributed by atoms with Gasteiger partial charge in [0.25, 0.3) is 0 Å². The molecule has 0 radical (unpaired) electrons. The molecular weight excluding hydrogens is 272 g/mol. The van der Waals surface area contributed by atoms with Gasteiger partial charge in [0.15, 0.2) is 0 Å². The molecule has 0 bridgehead atoms. The second kappa shape index (κ2) is 5.76. The molecule has 2 atom stereocenters. The highest BCUT2D eigenvalue weighted by molar-refractivity contribution is 7.13. The Labute approximate surface area is 122 Å². The van der Waals surface area contributed by atoms with Crippen LogP contribution in [0.1, 0.15) is 26.3 Å². The predicted molar refractivity (Wildman–Crippen MR) is 81.5 cm³/mol. The fourth-order valence-electron chi connectivity index (χ4n) is 2.28. The lowest BCUT2D eigenvalue weighted by molar-refractivity contribution is -0.124. The summed E-state index contributed by atoms with van der Waals surface area (Å²) in [6, 6.07) is 4.16. The molecule has 2 heterocycles. The smallest absolute Gasteiger partial charge is 0.237 e. The summed E-state index contributed by atoms with van der Waals surface area (Å²) in [5.74, 6) is 0.583. The number of hydrogen-bond donors (Lipinski definition) is 2. The summed E-state index contributed by atoms with van der Waals surface area (Å²) in [6.07, 6.45) is 4.33. The Bertz CT molecular complexity index is 578. The Morgan fingerprint density at radius 2 is 2.40 bits per heavy atom. The molecule has 20 heavy (non-hydrogen) atoms. The number of amides is 1. The zero-order valence-electron chi connectivity index (χ0n) is 12.0. The summed E-state index contributed by atoms with van der Waals surface area (Å²) < 4.78 is 2.09. The zero-order chi connectivity index (χ0) is 14.8. The number of nitrogens with two attached hydrogens (primary N) is 1.